The largest absolute Gasteiger partial charge is 0.433 e. The zero-order valence-corrected chi connectivity index (χ0v) is 33.5. The Labute approximate surface area is 340 Å². The number of halogens is 4. The Bertz CT molecular complexity index is 2160. The lowest BCUT2D eigenvalue weighted by Gasteiger charge is -2.53. The van der Waals surface area contributed by atoms with Crippen molar-refractivity contribution in [2.24, 2.45) is 17.1 Å². The van der Waals surface area contributed by atoms with E-state index in [0.29, 0.717) is 45.2 Å². The predicted octanol–water partition coefficient (Wildman–Crippen LogP) is 7.23. The number of hydrogen-bond acceptors (Lipinski definition) is 8. The van der Waals surface area contributed by atoms with Crippen molar-refractivity contribution < 1.29 is 32.7 Å². The highest BCUT2D eigenvalue weighted by atomic mass is 35.5. The molecule has 1 saturated carbocycles. The van der Waals surface area contributed by atoms with Crippen LogP contribution in [-0.2, 0) is 16.6 Å². The molecule has 12 nitrogen and oxygen atoms in total. The fourth-order valence-corrected chi connectivity index (χ4v) is 9.01. The number of likely N-dealkylation sites (tertiary alicyclic amines) is 2. The first-order valence-electron chi connectivity index (χ1n) is 19.9. The molecule has 0 radical (unpaired) electrons. The van der Waals surface area contributed by atoms with E-state index >= 15 is 0 Å². The van der Waals surface area contributed by atoms with E-state index in [4.69, 9.17) is 22.4 Å². The molecule has 16 heteroatoms. The van der Waals surface area contributed by atoms with Gasteiger partial charge in [0.25, 0.3) is 11.8 Å². The Morgan fingerprint density at radius 3 is 2.40 bits per heavy atom. The van der Waals surface area contributed by atoms with Crippen LogP contribution in [0.25, 0.3) is 10.9 Å². The Balaban J connectivity index is 0.879. The van der Waals surface area contributed by atoms with E-state index in [2.05, 4.69) is 20.5 Å². The number of hydrogen-bond donors (Lipinski definition) is 4. The number of aromatic nitrogens is 3. The molecule has 1 spiro atoms. The second kappa shape index (κ2) is 16.5. The summed E-state index contributed by atoms with van der Waals surface area (Å²) in [5, 5.41) is 22.8. The van der Waals surface area contributed by atoms with Crippen molar-refractivity contribution in [1.82, 2.24) is 24.6 Å². The molecule has 3 amide bonds. The molecule has 58 heavy (non-hydrogen) atoms. The number of piperidine rings is 2. The lowest BCUT2D eigenvalue weighted by molar-refractivity contribution is -0.141. The molecule has 7 rings (SSSR count). The van der Waals surface area contributed by atoms with Gasteiger partial charge in [-0.3, -0.25) is 19.1 Å². The average molecular weight is 823 g/mol. The number of alkyl halides is 3. The molecule has 0 atom stereocenters. The number of rotatable bonds is 12. The number of amides is 3. The molecule has 2 saturated heterocycles. The number of nitrogens with zero attached hydrogens (tertiary/aromatic N) is 5. The summed E-state index contributed by atoms with van der Waals surface area (Å²) in [6.07, 6.45) is 4.83. The van der Waals surface area contributed by atoms with Crippen LogP contribution in [0.3, 0.4) is 0 Å². The van der Waals surface area contributed by atoms with Crippen molar-refractivity contribution in [2.45, 2.75) is 83.0 Å². The molecule has 4 heterocycles. The van der Waals surface area contributed by atoms with Crippen LogP contribution in [0.15, 0.2) is 54.7 Å². The molecular formula is C42H50ClF3N8O4. The third kappa shape index (κ3) is 9.42. The summed E-state index contributed by atoms with van der Waals surface area (Å²) in [7, 11) is 0. The van der Waals surface area contributed by atoms with Crippen LogP contribution in [0.1, 0.15) is 103 Å². The Kier molecular flexibility index (Phi) is 11.8. The van der Waals surface area contributed by atoms with Crippen LogP contribution in [-0.4, -0.2) is 86.7 Å². The number of fused-ring (bicyclic) bond motifs is 1. The van der Waals surface area contributed by atoms with Gasteiger partial charge >= 0.3 is 6.18 Å². The van der Waals surface area contributed by atoms with Gasteiger partial charge in [-0.2, -0.15) is 18.3 Å². The van der Waals surface area contributed by atoms with Gasteiger partial charge in [-0.25, -0.2) is 4.98 Å². The maximum atomic E-state index is 13.4. The van der Waals surface area contributed by atoms with E-state index in [9.17, 15) is 32.7 Å². The topological polar surface area (TPSA) is 159 Å². The SMILES string of the molecule is CC(C)(O)c1cc2nn(C3CCN(CCC4CC5(CCN(C(=O)c6ccc(Cl)c(NCCC(N)=O)c6)CC5)C4)CC3)cc2cc1NC(=O)c1cccc(C(F)(F)F)n1. The van der Waals surface area contributed by atoms with Gasteiger partial charge in [0.2, 0.25) is 5.91 Å². The van der Waals surface area contributed by atoms with E-state index < -0.39 is 29.3 Å². The van der Waals surface area contributed by atoms with Crippen molar-refractivity contribution in [1.29, 1.82) is 0 Å². The number of anilines is 2. The first-order chi connectivity index (χ1) is 27.5. The summed E-state index contributed by atoms with van der Waals surface area (Å²) in [6.45, 7) is 7.91. The van der Waals surface area contributed by atoms with E-state index in [-0.39, 0.29) is 29.8 Å². The first kappa shape index (κ1) is 41.4. The van der Waals surface area contributed by atoms with E-state index in [1.54, 1.807) is 44.2 Å². The second-order valence-electron chi connectivity index (χ2n) is 16.8. The summed E-state index contributed by atoms with van der Waals surface area (Å²) in [6, 6.07) is 12.0. The van der Waals surface area contributed by atoms with Crippen molar-refractivity contribution in [3.05, 3.63) is 82.3 Å². The van der Waals surface area contributed by atoms with Crippen molar-refractivity contribution >= 4 is 51.6 Å². The highest BCUT2D eigenvalue weighted by Gasteiger charge is 2.46. The maximum absolute atomic E-state index is 13.4. The third-order valence-electron chi connectivity index (χ3n) is 12.1. The average Bonchev–Trinajstić information content (AvgIpc) is 3.59. The monoisotopic (exact) mass is 822 g/mol. The van der Waals surface area contributed by atoms with E-state index in [1.807, 2.05) is 15.8 Å². The minimum Gasteiger partial charge on any atom is -0.386 e. The number of carbonyl (C=O) groups is 3. The minimum atomic E-state index is -4.69. The Morgan fingerprint density at radius 1 is 1.00 bits per heavy atom. The van der Waals surface area contributed by atoms with Crippen LogP contribution in [0, 0.1) is 11.3 Å². The van der Waals surface area contributed by atoms with Crippen molar-refractivity contribution in [3.8, 4) is 0 Å². The fraction of sp³-hybridized carbons (Fsp3) is 0.500. The lowest BCUT2D eigenvalue weighted by Crippen LogP contribution is -2.49. The smallest absolute Gasteiger partial charge is 0.386 e. The van der Waals surface area contributed by atoms with E-state index in [0.717, 1.165) is 82.3 Å². The number of carbonyl (C=O) groups excluding carboxylic acids is 3. The van der Waals surface area contributed by atoms with Gasteiger partial charge in [0, 0.05) is 67.5 Å². The fourth-order valence-electron chi connectivity index (χ4n) is 8.82. The predicted molar refractivity (Wildman–Crippen MR) is 216 cm³/mol. The van der Waals surface area contributed by atoms with E-state index in [1.165, 1.54) is 18.9 Å². The molecule has 4 aromatic rings. The molecule has 1 aliphatic carbocycles. The summed E-state index contributed by atoms with van der Waals surface area (Å²) >= 11 is 6.31. The van der Waals surface area contributed by atoms with Gasteiger partial charge < -0.3 is 31.3 Å². The summed E-state index contributed by atoms with van der Waals surface area (Å²) in [5.41, 5.74) is 5.13. The summed E-state index contributed by atoms with van der Waals surface area (Å²) in [5.74, 6) is -0.543. The van der Waals surface area contributed by atoms with Crippen molar-refractivity contribution in [2.75, 3.05) is 49.9 Å². The van der Waals surface area contributed by atoms with Gasteiger partial charge in [0.15, 0.2) is 0 Å². The Morgan fingerprint density at radius 2 is 1.72 bits per heavy atom. The number of benzene rings is 2. The highest BCUT2D eigenvalue weighted by molar-refractivity contribution is 6.33. The van der Waals surface area contributed by atoms with Gasteiger partial charge in [-0.15, -0.1) is 0 Å². The molecule has 0 bridgehead atoms. The molecule has 2 aromatic carbocycles. The quantitative estimate of drug-likeness (QED) is 0.117. The van der Waals surface area contributed by atoms with Gasteiger partial charge in [-0.05, 0) is 119 Å². The summed E-state index contributed by atoms with van der Waals surface area (Å²) in [4.78, 5) is 45.5. The Hall–Kier alpha value is -4.73. The molecule has 3 fully saturated rings. The van der Waals surface area contributed by atoms with Gasteiger partial charge in [0.1, 0.15) is 11.4 Å². The number of nitrogens with one attached hydrogen (secondary N) is 2. The molecule has 0 unspecified atom stereocenters. The highest BCUT2D eigenvalue weighted by Crippen LogP contribution is 2.54. The zero-order chi connectivity index (χ0) is 41.4. The van der Waals surface area contributed by atoms with Crippen LogP contribution in [0.4, 0.5) is 24.5 Å². The number of aliphatic hydroxyl groups is 1. The summed E-state index contributed by atoms with van der Waals surface area (Å²) < 4.78 is 41.7. The lowest BCUT2D eigenvalue weighted by atomic mass is 9.57. The normalized spacial score (nSPS) is 18.0. The van der Waals surface area contributed by atoms with Crippen molar-refractivity contribution in [3.63, 3.8) is 0 Å². The molecular weight excluding hydrogens is 773 g/mol. The van der Waals surface area contributed by atoms with Crippen LogP contribution in [0.2, 0.25) is 5.02 Å². The number of nitrogens with two attached hydrogens (primary N) is 1. The molecule has 3 aliphatic rings. The molecule has 5 N–H and O–H groups in total. The minimum absolute atomic E-state index is 0.00528. The van der Waals surface area contributed by atoms with Crippen LogP contribution < -0.4 is 16.4 Å². The maximum Gasteiger partial charge on any atom is 0.433 e. The standard InChI is InChI=1S/C42H50ClF3N8O4/c1-40(2,58)30-22-33-28(21-34(30)50-38(56)32-4-3-5-36(49-32)42(44,45)46)25-54(51-33)29-10-16-52(17-11-29)15-9-26-23-41(24-26)12-18-53(19-13-41)39(57)27-6-7-31(43)35(20-27)48-14-8-37(47)55/h3-7,20-22,25-26,29,48,58H,8-19,23-24H2,1-2H3,(H2,47,55)(H,50,56). The molecule has 310 valence electrons. The second-order valence-corrected chi connectivity index (χ2v) is 17.2. The van der Waals surface area contributed by atoms with Gasteiger partial charge in [-0.1, -0.05) is 17.7 Å². The van der Waals surface area contributed by atoms with Crippen LogP contribution >= 0.6 is 11.6 Å². The number of pyridine rings is 1. The zero-order valence-electron chi connectivity index (χ0n) is 32.7. The first-order valence-corrected chi connectivity index (χ1v) is 20.3. The van der Waals surface area contributed by atoms with Gasteiger partial charge in [0.05, 0.1) is 27.9 Å². The third-order valence-corrected chi connectivity index (χ3v) is 12.4. The molecule has 2 aliphatic heterocycles. The molecule has 2 aromatic heterocycles. The number of primary amides is 1. The van der Waals surface area contributed by atoms with Crippen LogP contribution in [0.5, 0.6) is 0 Å².